The molecule has 1 radical (unpaired) electrons. The topological polar surface area (TPSA) is 0 Å². The van der Waals surface area contributed by atoms with Crippen LogP contribution in [0.5, 0.6) is 0 Å². The summed E-state index contributed by atoms with van der Waals surface area (Å²) in [5, 5.41) is 0. The van der Waals surface area contributed by atoms with Crippen LogP contribution in [0.4, 0.5) is 8.78 Å². The molecule has 0 amide bonds. The molecule has 0 bridgehead atoms. The molecule has 3 heteroatoms. The number of halogens is 2. The molecule has 2 aromatic rings. The predicted octanol–water partition coefficient (Wildman–Crippen LogP) is 9.24. The monoisotopic (exact) mass is 439 g/mol. The van der Waals surface area contributed by atoms with Crippen molar-refractivity contribution in [1.29, 1.82) is 0 Å². The van der Waals surface area contributed by atoms with Crippen LogP contribution in [0.1, 0.15) is 94.1 Å². The van der Waals surface area contributed by atoms with E-state index in [1.807, 2.05) is 0 Å². The molecule has 0 N–H and O–H groups in total. The molecule has 0 spiro atoms. The Morgan fingerprint density at radius 2 is 1.52 bits per heavy atom. The molecule has 0 atom stereocenters. The van der Waals surface area contributed by atoms with Crippen LogP contribution in [0.2, 0.25) is 18.1 Å². The minimum Gasteiger partial charge on any atom is -0.204 e. The second-order valence-corrected chi connectivity index (χ2v) is 12.8. The Bertz CT molecular complexity index is 831. The van der Waals surface area contributed by atoms with Crippen molar-refractivity contribution in [3.63, 3.8) is 0 Å². The molecule has 0 unspecified atom stereocenters. The summed E-state index contributed by atoms with van der Waals surface area (Å²) in [5.74, 6) is -0.513. The molecule has 1 saturated heterocycles. The Labute approximate surface area is 189 Å². The second kappa shape index (κ2) is 10.9. The summed E-state index contributed by atoms with van der Waals surface area (Å²) in [6, 6.07) is 16.3. The van der Waals surface area contributed by atoms with Gasteiger partial charge in [-0.05, 0) is 60.3 Å². The number of rotatable bonds is 7. The fraction of sp³-hybridized carbons (Fsp3) is 0.571. The van der Waals surface area contributed by atoms with E-state index in [0.29, 0.717) is 11.5 Å². The average Bonchev–Trinajstić information content (AvgIpc) is 2.82. The highest BCUT2D eigenvalue weighted by Gasteiger charge is 2.26. The van der Waals surface area contributed by atoms with Gasteiger partial charge in [0.1, 0.15) is 0 Å². The van der Waals surface area contributed by atoms with E-state index in [0.717, 1.165) is 36.8 Å². The molecule has 167 valence electrons. The molecule has 1 aliphatic carbocycles. The van der Waals surface area contributed by atoms with Crippen LogP contribution in [0.15, 0.2) is 36.4 Å². The predicted molar refractivity (Wildman–Crippen MR) is 129 cm³/mol. The van der Waals surface area contributed by atoms with Gasteiger partial charge in [-0.15, -0.1) is 0 Å². The van der Waals surface area contributed by atoms with Crippen LogP contribution >= 0.6 is 0 Å². The summed E-state index contributed by atoms with van der Waals surface area (Å²) in [6.45, 7) is 2.29. The van der Waals surface area contributed by atoms with Crippen LogP contribution in [0.25, 0.3) is 11.1 Å². The van der Waals surface area contributed by atoms with Gasteiger partial charge < -0.3 is 0 Å². The van der Waals surface area contributed by atoms with Crippen LogP contribution in [0.3, 0.4) is 0 Å². The fourth-order valence-corrected chi connectivity index (χ4v) is 8.79. The van der Waals surface area contributed by atoms with E-state index >= 15 is 0 Å². The van der Waals surface area contributed by atoms with Gasteiger partial charge in [0.15, 0.2) is 11.6 Å². The first-order valence-corrected chi connectivity index (χ1v) is 14.7. The summed E-state index contributed by atoms with van der Waals surface area (Å²) in [5.41, 5.74) is 3.97. The van der Waals surface area contributed by atoms with E-state index in [2.05, 4.69) is 31.2 Å². The molecule has 2 fully saturated rings. The van der Waals surface area contributed by atoms with Gasteiger partial charge in [-0.2, -0.15) is 0 Å². The van der Waals surface area contributed by atoms with Crippen molar-refractivity contribution in [2.45, 2.75) is 101 Å². The molecule has 2 aromatic carbocycles. The molecule has 1 aliphatic heterocycles. The molecule has 4 rings (SSSR count). The van der Waals surface area contributed by atoms with E-state index < -0.39 is 11.6 Å². The van der Waals surface area contributed by atoms with E-state index in [-0.39, 0.29) is 14.7 Å². The quantitative estimate of drug-likeness (QED) is 0.298. The smallest absolute Gasteiger partial charge is 0.162 e. The maximum absolute atomic E-state index is 14.9. The Balaban J connectivity index is 1.47. The van der Waals surface area contributed by atoms with Crippen molar-refractivity contribution in [3.05, 3.63) is 59.2 Å². The first-order chi connectivity index (χ1) is 15.2. The fourth-order valence-electron chi connectivity index (χ4n) is 5.78. The summed E-state index contributed by atoms with van der Waals surface area (Å²) >= 11 is 0. The summed E-state index contributed by atoms with van der Waals surface area (Å²) in [4.78, 5) is 0. The maximum atomic E-state index is 14.9. The van der Waals surface area contributed by atoms with Crippen LogP contribution in [-0.2, 0) is 0 Å². The summed E-state index contributed by atoms with van der Waals surface area (Å²) < 4.78 is 29.0. The lowest BCUT2D eigenvalue weighted by molar-refractivity contribution is 0.418. The number of hydrogen-bond acceptors (Lipinski definition) is 0. The van der Waals surface area contributed by atoms with Gasteiger partial charge in [0, 0.05) is 14.4 Å². The van der Waals surface area contributed by atoms with E-state index in [9.17, 15) is 8.78 Å². The summed E-state index contributed by atoms with van der Waals surface area (Å²) in [6.07, 6.45) is 12.2. The van der Waals surface area contributed by atoms with Gasteiger partial charge in [0.2, 0.25) is 0 Å². The van der Waals surface area contributed by atoms with Gasteiger partial charge in [-0.25, -0.2) is 8.78 Å². The third kappa shape index (κ3) is 5.48. The molecular weight excluding hydrogens is 402 g/mol. The lowest BCUT2D eigenvalue weighted by atomic mass is 9.80. The largest absolute Gasteiger partial charge is 0.204 e. The number of benzene rings is 2. The molecule has 1 heterocycles. The van der Waals surface area contributed by atoms with Crippen molar-refractivity contribution in [3.8, 4) is 11.1 Å². The third-order valence-corrected chi connectivity index (χ3v) is 10.7. The third-order valence-electron chi connectivity index (χ3n) is 7.67. The van der Waals surface area contributed by atoms with Gasteiger partial charge in [-0.3, -0.25) is 0 Å². The van der Waals surface area contributed by atoms with Crippen LogP contribution in [0, 0.1) is 11.6 Å². The zero-order chi connectivity index (χ0) is 21.6. The zero-order valence-electron chi connectivity index (χ0n) is 19.1. The van der Waals surface area contributed by atoms with Crippen molar-refractivity contribution in [2.75, 3.05) is 0 Å². The van der Waals surface area contributed by atoms with Gasteiger partial charge >= 0.3 is 0 Å². The number of hydrogen-bond donors (Lipinski definition) is 0. The molecule has 0 nitrogen and oxygen atoms in total. The van der Waals surface area contributed by atoms with Crippen LogP contribution in [-0.4, -0.2) is 8.80 Å². The first-order valence-electron chi connectivity index (χ1n) is 12.6. The molecule has 0 aromatic heterocycles. The molecule has 2 aliphatic rings. The van der Waals surface area contributed by atoms with Crippen LogP contribution < -0.4 is 0 Å². The van der Waals surface area contributed by atoms with E-state index in [4.69, 9.17) is 0 Å². The van der Waals surface area contributed by atoms with Crippen molar-refractivity contribution < 1.29 is 8.78 Å². The molecule has 1 saturated carbocycles. The second-order valence-electron chi connectivity index (χ2n) is 9.76. The molecule has 31 heavy (non-hydrogen) atoms. The Morgan fingerprint density at radius 1 is 0.806 bits per heavy atom. The Morgan fingerprint density at radius 3 is 2.19 bits per heavy atom. The number of unbranched alkanes of at least 4 members (excludes halogenated alkanes) is 2. The highest BCUT2D eigenvalue weighted by atomic mass is 28.3. The standard InChI is InChI=1S/C28H37F2Si/c1-2-3-7-18-31-19-16-22(17-20-31)21-10-12-23(13-11-21)25-14-15-26(29)28(30)27(25)24-8-5-4-6-9-24/h10-15,22,24H,2-9,16-20H2,1H3. The maximum Gasteiger partial charge on any atom is 0.162 e. The minimum atomic E-state index is -0.709. The molecular formula is C28H37F2Si. The van der Waals surface area contributed by atoms with Gasteiger partial charge in [-0.1, -0.05) is 93.9 Å². The van der Waals surface area contributed by atoms with Crippen molar-refractivity contribution in [1.82, 2.24) is 0 Å². The average molecular weight is 440 g/mol. The zero-order valence-corrected chi connectivity index (χ0v) is 20.1. The van der Waals surface area contributed by atoms with E-state index in [1.165, 1.54) is 68.3 Å². The van der Waals surface area contributed by atoms with E-state index in [1.54, 1.807) is 6.07 Å². The highest BCUT2D eigenvalue weighted by molar-refractivity contribution is 6.59. The van der Waals surface area contributed by atoms with Gasteiger partial charge in [0.25, 0.3) is 0 Å². The van der Waals surface area contributed by atoms with Crippen molar-refractivity contribution in [2.24, 2.45) is 0 Å². The Kier molecular flexibility index (Phi) is 7.98. The highest BCUT2D eigenvalue weighted by Crippen LogP contribution is 2.41. The lowest BCUT2D eigenvalue weighted by Crippen LogP contribution is -2.20. The SMILES string of the molecule is CCCCC[Si]1CCC(c2ccc(-c3ccc(F)c(F)c3C3CCCCC3)cc2)CC1. The van der Waals surface area contributed by atoms with Crippen molar-refractivity contribution >= 4 is 8.80 Å². The minimum absolute atomic E-state index is 0.114. The lowest BCUT2D eigenvalue weighted by Gasteiger charge is -2.28. The van der Waals surface area contributed by atoms with Gasteiger partial charge in [0.05, 0.1) is 0 Å². The normalized spacial score (nSPS) is 19.1. The Hall–Kier alpha value is -1.48. The summed E-state index contributed by atoms with van der Waals surface area (Å²) in [7, 11) is -0.114. The first kappa shape index (κ1) is 22.7.